The second-order valence-corrected chi connectivity index (χ2v) is 7.55. The van der Waals surface area contributed by atoms with Crippen molar-refractivity contribution in [2.24, 2.45) is 0 Å². The van der Waals surface area contributed by atoms with Crippen molar-refractivity contribution < 1.29 is 19.1 Å². The molecular formula is C17H18FN3O3S. The summed E-state index contributed by atoms with van der Waals surface area (Å²) in [4.78, 5) is 34.0. The maximum atomic E-state index is 15.3. The van der Waals surface area contributed by atoms with E-state index in [1.165, 1.54) is 28.6 Å². The number of aliphatic carboxylic acids is 1. The van der Waals surface area contributed by atoms with E-state index in [0.717, 1.165) is 0 Å². The maximum absolute atomic E-state index is 15.3. The molecule has 0 aromatic carbocycles. The van der Waals surface area contributed by atoms with E-state index in [4.69, 9.17) is 0 Å². The number of carboxylic acids is 1. The Labute approximate surface area is 148 Å². The van der Waals surface area contributed by atoms with Crippen LogP contribution in [0.1, 0.15) is 30.3 Å². The van der Waals surface area contributed by atoms with Crippen LogP contribution in [-0.2, 0) is 15.0 Å². The van der Waals surface area contributed by atoms with Crippen molar-refractivity contribution in [1.29, 1.82) is 0 Å². The first-order valence-electron chi connectivity index (χ1n) is 7.78. The molecule has 1 fully saturated rings. The van der Waals surface area contributed by atoms with Crippen molar-refractivity contribution in [3.8, 4) is 0 Å². The largest absolute Gasteiger partial charge is 0.479 e. The van der Waals surface area contributed by atoms with Crippen LogP contribution >= 0.6 is 11.3 Å². The average Bonchev–Trinajstić information content (AvgIpc) is 3.24. The summed E-state index contributed by atoms with van der Waals surface area (Å²) in [5, 5.41) is 11.8. The molecule has 3 rings (SSSR count). The van der Waals surface area contributed by atoms with Crippen molar-refractivity contribution in [3.05, 3.63) is 46.7 Å². The number of likely N-dealkylation sites (tertiary alicyclic amines) is 1. The molecule has 132 valence electrons. The van der Waals surface area contributed by atoms with Crippen molar-refractivity contribution in [1.82, 2.24) is 14.9 Å². The summed E-state index contributed by atoms with van der Waals surface area (Å²) in [7, 11) is 0. The molecular weight excluding hydrogens is 345 g/mol. The van der Waals surface area contributed by atoms with Gasteiger partial charge in [0.2, 0.25) is 11.6 Å². The highest BCUT2D eigenvalue weighted by Gasteiger charge is 2.56. The van der Waals surface area contributed by atoms with Crippen LogP contribution in [0.3, 0.4) is 0 Å². The molecule has 1 aliphatic rings. The number of halogens is 1. The lowest BCUT2D eigenvalue weighted by atomic mass is 9.87. The predicted octanol–water partition coefficient (Wildman–Crippen LogP) is 2.23. The molecule has 0 bridgehead atoms. The summed E-state index contributed by atoms with van der Waals surface area (Å²) in [6.45, 7) is 2.93. The standard InChI is InChI=1S/C17H18FN3O3S/c1-16(2,13-20-6-7-25-13)14(22)21-9-12(11-4-3-5-19-8-11)17(18,10-21)15(23)24/h3-8,12H,9-10H2,1-2H3,(H,23,24)/t12-,17-/m0/s1. The molecule has 1 aliphatic heterocycles. The van der Waals surface area contributed by atoms with E-state index < -0.39 is 29.5 Å². The maximum Gasteiger partial charge on any atom is 0.344 e. The number of aromatic nitrogens is 2. The Kier molecular flexibility index (Phi) is 4.32. The fourth-order valence-corrected chi connectivity index (χ4v) is 3.91. The number of rotatable bonds is 4. The lowest BCUT2D eigenvalue weighted by molar-refractivity contribution is -0.151. The van der Waals surface area contributed by atoms with Gasteiger partial charge in [0.25, 0.3) is 0 Å². The molecule has 3 heterocycles. The molecule has 1 N–H and O–H groups in total. The van der Waals surface area contributed by atoms with E-state index in [0.29, 0.717) is 10.6 Å². The third kappa shape index (κ3) is 2.90. The minimum atomic E-state index is -2.54. The summed E-state index contributed by atoms with van der Waals surface area (Å²) >= 11 is 1.34. The molecule has 1 amide bonds. The van der Waals surface area contributed by atoms with Crippen molar-refractivity contribution in [3.63, 3.8) is 0 Å². The predicted molar refractivity (Wildman–Crippen MR) is 90.2 cm³/mol. The molecule has 8 heteroatoms. The van der Waals surface area contributed by atoms with Gasteiger partial charge in [-0.2, -0.15) is 0 Å². The second kappa shape index (κ2) is 6.18. The number of amides is 1. The zero-order chi connectivity index (χ0) is 18.2. The summed E-state index contributed by atoms with van der Waals surface area (Å²) in [5.41, 5.74) is -3.02. The van der Waals surface area contributed by atoms with Gasteiger partial charge in [0.05, 0.1) is 17.9 Å². The Morgan fingerprint density at radius 1 is 1.44 bits per heavy atom. The number of nitrogens with zero attached hydrogens (tertiary/aromatic N) is 3. The molecule has 0 saturated carbocycles. The van der Waals surface area contributed by atoms with Gasteiger partial charge in [-0.25, -0.2) is 14.2 Å². The van der Waals surface area contributed by atoms with Crippen LogP contribution in [0.4, 0.5) is 4.39 Å². The molecule has 6 nitrogen and oxygen atoms in total. The van der Waals surface area contributed by atoms with Gasteiger partial charge in [0, 0.05) is 30.5 Å². The Bertz CT molecular complexity index is 782. The molecule has 25 heavy (non-hydrogen) atoms. The summed E-state index contributed by atoms with van der Waals surface area (Å²) < 4.78 is 15.3. The number of carbonyl (C=O) groups is 2. The minimum absolute atomic E-state index is 0.0118. The van der Waals surface area contributed by atoms with Crippen LogP contribution in [-0.4, -0.2) is 50.6 Å². The highest BCUT2D eigenvalue weighted by molar-refractivity contribution is 7.09. The molecule has 2 aromatic rings. The van der Waals surface area contributed by atoms with Crippen LogP contribution in [0, 0.1) is 0 Å². The average molecular weight is 363 g/mol. The fourth-order valence-electron chi connectivity index (χ4n) is 3.16. The van der Waals surface area contributed by atoms with Crippen LogP contribution < -0.4 is 0 Å². The van der Waals surface area contributed by atoms with Crippen molar-refractivity contribution >= 4 is 23.2 Å². The molecule has 0 unspecified atom stereocenters. The van der Waals surface area contributed by atoms with Gasteiger partial charge < -0.3 is 10.0 Å². The number of hydrogen-bond donors (Lipinski definition) is 1. The Morgan fingerprint density at radius 2 is 2.20 bits per heavy atom. The fraction of sp³-hybridized carbons (Fsp3) is 0.412. The minimum Gasteiger partial charge on any atom is -0.479 e. The van der Waals surface area contributed by atoms with E-state index >= 15 is 4.39 Å². The monoisotopic (exact) mass is 363 g/mol. The molecule has 0 spiro atoms. The van der Waals surface area contributed by atoms with Crippen LogP contribution in [0.25, 0.3) is 0 Å². The van der Waals surface area contributed by atoms with Crippen molar-refractivity contribution in [2.45, 2.75) is 30.8 Å². The second-order valence-electron chi connectivity index (χ2n) is 6.65. The summed E-state index contributed by atoms with van der Waals surface area (Å²) in [6, 6.07) is 3.26. The molecule has 0 radical (unpaired) electrons. The third-order valence-electron chi connectivity index (χ3n) is 4.61. The number of carboxylic acid groups (broad SMARTS) is 1. The van der Waals surface area contributed by atoms with E-state index in [9.17, 15) is 14.7 Å². The van der Waals surface area contributed by atoms with E-state index in [1.54, 1.807) is 37.6 Å². The summed E-state index contributed by atoms with van der Waals surface area (Å²) in [5.74, 6) is -2.87. The molecule has 0 aliphatic carbocycles. The number of thiazole rings is 1. The normalized spacial score (nSPS) is 23.6. The zero-order valence-electron chi connectivity index (χ0n) is 13.8. The quantitative estimate of drug-likeness (QED) is 0.901. The van der Waals surface area contributed by atoms with E-state index in [-0.39, 0.29) is 12.5 Å². The SMILES string of the molecule is CC(C)(C(=O)N1C[C@@H](c2cccnc2)[C@](F)(C(=O)O)C1)c1nccs1. The van der Waals surface area contributed by atoms with Crippen LogP contribution in [0.15, 0.2) is 36.1 Å². The smallest absolute Gasteiger partial charge is 0.344 e. The lowest BCUT2D eigenvalue weighted by Crippen LogP contribution is -2.45. The van der Waals surface area contributed by atoms with Gasteiger partial charge in [0.15, 0.2) is 0 Å². The van der Waals surface area contributed by atoms with Crippen molar-refractivity contribution in [2.75, 3.05) is 13.1 Å². The highest BCUT2D eigenvalue weighted by Crippen LogP contribution is 2.41. The number of alkyl halides is 1. The topological polar surface area (TPSA) is 83.4 Å². The first-order chi connectivity index (χ1) is 11.8. The highest BCUT2D eigenvalue weighted by atomic mass is 32.1. The number of carbonyl (C=O) groups excluding carboxylic acids is 1. The zero-order valence-corrected chi connectivity index (χ0v) is 14.7. The Balaban J connectivity index is 1.92. The Morgan fingerprint density at radius 3 is 2.76 bits per heavy atom. The van der Waals surface area contributed by atoms with Crippen LogP contribution in [0.2, 0.25) is 0 Å². The van der Waals surface area contributed by atoms with E-state index in [2.05, 4.69) is 9.97 Å². The first-order valence-corrected chi connectivity index (χ1v) is 8.66. The summed E-state index contributed by atoms with van der Waals surface area (Å²) in [6.07, 6.45) is 4.59. The molecule has 1 saturated heterocycles. The van der Waals surface area contributed by atoms with Gasteiger partial charge in [0.1, 0.15) is 5.01 Å². The third-order valence-corrected chi connectivity index (χ3v) is 5.70. The number of hydrogen-bond acceptors (Lipinski definition) is 5. The van der Waals surface area contributed by atoms with Gasteiger partial charge in [-0.05, 0) is 25.5 Å². The van der Waals surface area contributed by atoms with Gasteiger partial charge >= 0.3 is 5.97 Å². The first kappa shape index (κ1) is 17.5. The molecule has 2 aromatic heterocycles. The Hall–Kier alpha value is -2.35. The van der Waals surface area contributed by atoms with E-state index in [1.807, 2.05) is 0 Å². The molecule has 2 atom stereocenters. The lowest BCUT2D eigenvalue weighted by Gasteiger charge is -2.27. The van der Waals surface area contributed by atoms with Gasteiger partial charge in [-0.15, -0.1) is 11.3 Å². The number of pyridine rings is 1. The van der Waals surface area contributed by atoms with Crippen LogP contribution in [0.5, 0.6) is 0 Å². The van der Waals surface area contributed by atoms with Gasteiger partial charge in [-0.3, -0.25) is 9.78 Å². The van der Waals surface area contributed by atoms with Gasteiger partial charge in [-0.1, -0.05) is 6.07 Å².